The average molecular weight is 335 g/mol. The van der Waals surface area contributed by atoms with Crippen LogP contribution in [-0.4, -0.2) is 16.3 Å². The minimum absolute atomic E-state index is 0.0857. The van der Waals surface area contributed by atoms with Gasteiger partial charge in [0.05, 0.1) is 26.7 Å². The molecular formula is C11H13BrClN3S. The molecule has 0 aliphatic rings. The Bertz CT molecular complexity index is 489. The predicted molar refractivity (Wildman–Crippen MR) is 75.8 cm³/mol. The Balaban J connectivity index is 2.42. The van der Waals surface area contributed by atoms with E-state index in [-0.39, 0.29) is 6.04 Å². The average Bonchev–Trinajstić information content (AvgIpc) is 2.84. The maximum atomic E-state index is 6.20. The van der Waals surface area contributed by atoms with E-state index in [9.17, 15) is 0 Å². The van der Waals surface area contributed by atoms with Crippen molar-refractivity contribution in [3.05, 3.63) is 37.7 Å². The van der Waals surface area contributed by atoms with Crippen LogP contribution in [0.5, 0.6) is 0 Å². The number of aromatic nitrogens is 2. The topological polar surface area (TPSA) is 29.9 Å². The second kappa shape index (κ2) is 5.52. The third-order valence-corrected chi connectivity index (χ3v) is 4.35. The fourth-order valence-corrected chi connectivity index (χ4v) is 3.27. The minimum atomic E-state index is 0.0857. The van der Waals surface area contributed by atoms with Crippen LogP contribution in [0.15, 0.2) is 21.4 Å². The summed E-state index contributed by atoms with van der Waals surface area (Å²) in [6, 6.07) is 2.20. The lowest BCUT2D eigenvalue weighted by atomic mass is 10.1. The lowest BCUT2D eigenvalue weighted by Crippen LogP contribution is -2.24. The van der Waals surface area contributed by atoms with Crippen molar-refractivity contribution in [2.24, 2.45) is 7.05 Å². The summed E-state index contributed by atoms with van der Waals surface area (Å²) < 4.78 is 2.94. The number of hydrogen-bond donors (Lipinski definition) is 1. The van der Waals surface area contributed by atoms with Crippen molar-refractivity contribution < 1.29 is 0 Å². The van der Waals surface area contributed by atoms with Gasteiger partial charge in [-0.25, -0.2) is 0 Å². The fourth-order valence-electron chi connectivity index (χ4n) is 1.80. The molecule has 0 aromatic carbocycles. The number of nitrogens with zero attached hydrogens (tertiary/aromatic N) is 2. The minimum Gasteiger partial charge on any atom is -0.305 e. The molecule has 2 heterocycles. The van der Waals surface area contributed by atoms with Gasteiger partial charge >= 0.3 is 0 Å². The van der Waals surface area contributed by atoms with E-state index >= 15 is 0 Å². The highest BCUT2D eigenvalue weighted by molar-refractivity contribution is 9.11. The molecular weight excluding hydrogens is 322 g/mol. The van der Waals surface area contributed by atoms with Crippen LogP contribution in [0.1, 0.15) is 24.2 Å². The Kier molecular flexibility index (Phi) is 4.25. The second-order valence-corrected chi connectivity index (χ2v) is 6.37. The number of thiophene rings is 1. The van der Waals surface area contributed by atoms with Crippen molar-refractivity contribution in [1.82, 2.24) is 15.1 Å². The summed E-state index contributed by atoms with van der Waals surface area (Å²) >= 11 is 11.4. The normalized spacial score (nSPS) is 12.9. The van der Waals surface area contributed by atoms with Gasteiger partial charge in [0.25, 0.3) is 0 Å². The molecule has 2 rings (SSSR count). The quantitative estimate of drug-likeness (QED) is 0.926. The van der Waals surface area contributed by atoms with E-state index < -0.39 is 0 Å². The van der Waals surface area contributed by atoms with Gasteiger partial charge in [-0.3, -0.25) is 4.68 Å². The van der Waals surface area contributed by atoms with Crippen molar-refractivity contribution in [3.63, 3.8) is 0 Å². The molecule has 0 aliphatic carbocycles. The van der Waals surface area contributed by atoms with Crippen molar-refractivity contribution in [2.45, 2.75) is 13.0 Å². The second-order valence-electron chi connectivity index (χ2n) is 3.68. The van der Waals surface area contributed by atoms with Crippen LogP contribution in [0.2, 0.25) is 5.02 Å². The van der Waals surface area contributed by atoms with Crippen molar-refractivity contribution in [2.75, 3.05) is 6.54 Å². The molecule has 0 spiro atoms. The first-order chi connectivity index (χ1) is 8.13. The van der Waals surface area contributed by atoms with Gasteiger partial charge in [0, 0.05) is 7.05 Å². The van der Waals surface area contributed by atoms with Crippen LogP contribution in [0.3, 0.4) is 0 Å². The molecule has 2 aromatic heterocycles. The highest BCUT2D eigenvalue weighted by atomic mass is 79.9. The maximum Gasteiger partial charge on any atom is 0.0837 e. The van der Waals surface area contributed by atoms with Crippen molar-refractivity contribution in [3.8, 4) is 0 Å². The van der Waals surface area contributed by atoms with E-state index in [1.165, 1.54) is 5.56 Å². The zero-order valence-electron chi connectivity index (χ0n) is 9.58. The molecule has 3 nitrogen and oxygen atoms in total. The van der Waals surface area contributed by atoms with Gasteiger partial charge in [-0.2, -0.15) is 5.10 Å². The Hall–Kier alpha value is -0.360. The maximum absolute atomic E-state index is 6.20. The van der Waals surface area contributed by atoms with Gasteiger partial charge in [-0.1, -0.05) is 18.5 Å². The lowest BCUT2D eigenvalue weighted by molar-refractivity contribution is 0.574. The summed E-state index contributed by atoms with van der Waals surface area (Å²) in [5.74, 6) is 0. The summed E-state index contributed by atoms with van der Waals surface area (Å²) in [5.41, 5.74) is 2.20. The molecule has 0 saturated carbocycles. The zero-order chi connectivity index (χ0) is 12.4. The standard InChI is InChI=1S/C11H13BrClN3S/c1-3-14-10(7-4-9(12)17-6-7)11-8(13)5-15-16(11)2/h4-6,10,14H,3H2,1-2H3. The van der Waals surface area contributed by atoms with Crippen LogP contribution in [0.4, 0.5) is 0 Å². The van der Waals surface area contributed by atoms with Crippen molar-refractivity contribution in [1.29, 1.82) is 0 Å². The summed E-state index contributed by atoms with van der Waals surface area (Å²) in [5, 5.41) is 10.4. The molecule has 2 aromatic rings. The van der Waals surface area contributed by atoms with Gasteiger partial charge in [-0.15, -0.1) is 11.3 Å². The monoisotopic (exact) mass is 333 g/mol. The molecule has 17 heavy (non-hydrogen) atoms. The zero-order valence-corrected chi connectivity index (χ0v) is 12.7. The van der Waals surface area contributed by atoms with Crippen LogP contribution >= 0.6 is 38.9 Å². The van der Waals surface area contributed by atoms with E-state index in [1.54, 1.807) is 17.5 Å². The molecule has 6 heteroatoms. The molecule has 0 radical (unpaired) electrons. The molecule has 1 N–H and O–H groups in total. The third-order valence-electron chi connectivity index (χ3n) is 2.54. The van der Waals surface area contributed by atoms with E-state index in [4.69, 9.17) is 11.6 Å². The number of halogens is 2. The first kappa shape index (κ1) is 13.1. The summed E-state index contributed by atoms with van der Waals surface area (Å²) in [4.78, 5) is 0. The van der Waals surface area contributed by atoms with Crippen LogP contribution in [-0.2, 0) is 7.05 Å². The fraction of sp³-hybridized carbons (Fsp3) is 0.364. The summed E-state index contributed by atoms with van der Waals surface area (Å²) in [6.45, 7) is 2.96. The van der Waals surface area contributed by atoms with Crippen LogP contribution in [0.25, 0.3) is 0 Å². The number of hydrogen-bond acceptors (Lipinski definition) is 3. The largest absolute Gasteiger partial charge is 0.305 e. The molecule has 0 fully saturated rings. The van der Waals surface area contributed by atoms with Gasteiger partial charge < -0.3 is 5.32 Å². The van der Waals surface area contributed by atoms with Crippen LogP contribution < -0.4 is 5.32 Å². The third kappa shape index (κ3) is 2.73. The van der Waals surface area contributed by atoms with E-state index in [1.807, 2.05) is 11.7 Å². The Morgan fingerprint density at radius 2 is 2.41 bits per heavy atom. The first-order valence-corrected chi connectivity index (χ1v) is 7.33. The molecule has 0 saturated heterocycles. The SMILES string of the molecule is CCNC(c1csc(Br)c1)c1c(Cl)cnn1C. The number of aryl methyl sites for hydroxylation is 1. The molecule has 0 bridgehead atoms. The smallest absolute Gasteiger partial charge is 0.0837 e. The van der Waals surface area contributed by atoms with E-state index in [0.717, 1.165) is 16.0 Å². The van der Waals surface area contributed by atoms with Gasteiger partial charge in [-0.05, 0) is 39.5 Å². The Labute approximate surface area is 118 Å². The highest BCUT2D eigenvalue weighted by Gasteiger charge is 2.21. The van der Waals surface area contributed by atoms with Crippen molar-refractivity contribution >= 4 is 38.9 Å². The molecule has 0 amide bonds. The van der Waals surface area contributed by atoms with E-state index in [2.05, 4.69) is 44.7 Å². The lowest BCUT2D eigenvalue weighted by Gasteiger charge is -2.17. The molecule has 92 valence electrons. The molecule has 0 aliphatic heterocycles. The molecule has 1 atom stereocenters. The van der Waals surface area contributed by atoms with Crippen LogP contribution in [0, 0.1) is 0 Å². The summed E-state index contributed by atoms with van der Waals surface area (Å²) in [7, 11) is 1.91. The highest BCUT2D eigenvalue weighted by Crippen LogP contribution is 2.32. The predicted octanol–water partition coefficient (Wildman–Crippen LogP) is 3.60. The number of nitrogens with one attached hydrogen (secondary N) is 1. The van der Waals surface area contributed by atoms with Gasteiger partial charge in [0.2, 0.25) is 0 Å². The van der Waals surface area contributed by atoms with E-state index in [0.29, 0.717) is 5.02 Å². The first-order valence-electron chi connectivity index (χ1n) is 5.28. The number of rotatable bonds is 4. The van der Waals surface area contributed by atoms with Gasteiger partial charge in [0.1, 0.15) is 0 Å². The van der Waals surface area contributed by atoms with Gasteiger partial charge in [0.15, 0.2) is 0 Å². The Morgan fingerprint density at radius 3 is 2.88 bits per heavy atom. The summed E-state index contributed by atoms with van der Waals surface area (Å²) in [6.07, 6.45) is 1.68. The Morgan fingerprint density at radius 1 is 1.65 bits per heavy atom. The molecule has 1 unspecified atom stereocenters.